The smallest absolute Gasteiger partial charge is 0.226 e. The molecule has 0 aliphatic heterocycles. The molecular formula is C20H20ClN3OS2. The third kappa shape index (κ3) is 4.24. The van der Waals surface area contributed by atoms with Crippen molar-refractivity contribution in [2.45, 2.75) is 26.8 Å². The molecule has 0 aliphatic carbocycles. The molecule has 1 N–H and O–H groups in total. The molecule has 0 bridgehead atoms. The summed E-state index contributed by atoms with van der Waals surface area (Å²) < 4.78 is 2.03. The lowest BCUT2D eigenvalue weighted by Gasteiger charge is -2.03. The first-order valence-electron chi connectivity index (χ1n) is 8.42. The van der Waals surface area contributed by atoms with Gasteiger partial charge in [-0.2, -0.15) is 0 Å². The summed E-state index contributed by atoms with van der Waals surface area (Å²) in [5.74, 6) is 0.0273. The van der Waals surface area contributed by atoms with Crippen molar-refractivity contribution >= 4 is 45.9 Å². The molecule has 140 valence electrons. The number of nitrogens with one attached hydrogen (secondary N) is 1. The number of aromatic nitrogens is 2. The average Bonchev–Trinajstić information content (AvgIpc) is 3.34. The summed E-state index contributed by atoms with van der Waals surface area (Å²) in [5.41, 5.74) is 5.55. The highest BCUT2D eigenvalue weighted by atomic mass is 35.5. The van der Waals surface area contributed by atoms with Crippen LogP contribution in [0, 0.1) is 13.8 Å². The molecule has 4 aromatic rings. The van der Waals surface area contributed by atoms with Gasteiger partial charge in [-0.1, -0.05) is 18.2 Å². The minimum atomic E-state index is 0. The van der Waals surface area contributed by atoms with E-state index in [0.717, 1.165) is 26.8 Å². The minimum Gasteiger partial charge on any atom is -0.351 e. The Balaban J connectivity index is 0.00000210. The maximum atomic E-state index is 12.3. The van der Waals surface area contributed by atoms with Crippen molar-refractivity contribution in [2.75, 3.05) is 0 Å². The highest BCUT2D eigenvalue weighted by Crippen LogP contribution is 2.25. The Morgan fingerprint density at radius 3 is 2.78 bits per heavy atom. The molecule has 0 saturated heterocycles. The van der Waals surface area contributed by atoms with Gasteiger partial charge in [0.25, 0.3) is 0 Å². The van der Waals surface area contributed by atoms with Crippen LogP contribution in [0.1, 0.15) is 21.7 Å². The number of imidazole rings is 1. The predicted octanol–water partition coefficient (Wildman–Crippen LogP) is 5.02. The van der Waals surface area contributed by atoms with Crippen molar-refractivity contribution in [3.8, 4) is 11.3 Å². The van der Waals surface area contributed by atoms with Crippen LogP contribution < -0.4 is 5.32 Å². The Morgan fingerprint density at radius 1 is 1.19 bits per heavy atom. The normalized spacial score (nSPS) is 10.7. The van der Waals surface area contributed by atoms with Gasteiger partial charge < -0.3 is 5.32 Å². The number of hydrogen-bond donors (Lipinski definition) is 1. The number of nitrogens with zero attached hydrogens (tertiary/aromatic N) is 2. The second-order valence-corrected chi connectivity index (χ2v) is 8.21. The SMILES string of the molecule is Cc1ccc(-c2cn3c(CC(=O)NCc4cccs4)csc3n2)cc1C.Cl. The third-order valence-electron chi connectivity index (χ3n) is 4.47. The van der Waals surface area contributed by atoms with Crippen molar-refractivity contribution in [1.82, 2.24) is 14.7 Å². The molecule has 0 spiro atoms. The number of benzene rings is 1. The molecule has 0 fully saturated rings. The zero-order valence-electron chi connectivity index (χ0n) is 15.1. The van der Waals surface area contributed by atoms with Crippen molar-refractivity contribution in [3.63, 3.8) is 0 Å². The van der Waals surface area contributed by atoms with Crippen LogP contribution in [-0.2, 0) is 17.8 Å². The zero-order valence-corrected chi connectivity index (χ0v) is 17.5. The molecule has 0 saturated carbocycles. The van der Waals surface area contributed by atoms with Gasteiger partial charge in [0, 0.05) is 27.7 Å². The largest absolute Gasteiger partial charge is 0.351 e. The summed E-state index contributed by atoms with van der Waals surface area (Å²) in [6.07, 6.45) is 2.38. The quantitative estimate of drug-likeness (QED) is 0.495. The van der Waals surface area contributed by atoms with Gasteiger partial charge >= 0.3 is 0 Å². The molecule has 0 unspecified atom stereocenters. The van der Waals surface area contributed by atoms with Gasteiger partial charge in [0.2, 0.25) is 5.91 Å². The number of hydrogen-bond acceptors (Lipinski definition) is 4. The van der Waals surface area contributed by atoms with E-state index >= 15 is 0 Å². The maximum absolute atomic E-state index is 12.3. The number of rotatable bonds is 5. The van der Waals surface area contributed by atoms with Crippen LogP contribution in [0.2, 0.25) is 0 Å². The summed E-state index contributed by atoms with van der Waals surface area (Å²) in [5, 5.41) is 7.01. The fourth-order valence-electron chi connectivity index (χ4n) is 2.82. The lowest BCUT2D eigenvalue weighted by atomic mass is 10.1. The molecule has 7 heteroatoms. The summed E-state index contributed by atoms with van der Waals surface area (Å²) in [7, 11) is 0. The van der Waals surface area contributed by atoms with E-state index in [1.54, 1.807) is 22.7 Å². The fourth-order valence-corrected chi connectivity index (χ4v) is 4.34. The minimum absolute atomic E-state index is 0. The highest BCUT2D eigenvalue weighted by Gasteiger charge is 2.13. The summed E-state index contributed by atoms with van der Waals surface area (Å²) in [6.45, 7) is 4.81. The van der Waals surface area contributed by atoms with E-state index in [2.05, 4.69) is 37.4 Å². The van der Waals surface area contributed by atoms with Crippen LogP contribution in [0.3, 0.4) is 0 Å². The number of thiazole rings is 1. The van der Waals surface area contributed by atoms with Gasteiger partial charge in [-0.3, -0.25) is 9.20 Å². The molecule has 3 aromatic heterocycles. The van der Waals surface area contributed by atoms with Crippen LogP contribution in [-0.4, -0.2) is 15.3 Å². The van der Waals surface area contributed by atoms with E-state index in [-0.39, 0.29) is 18.3 Å². The third-order valence-corrected chi connectivity index (χ3v) is 6.23. The Bertz CT molecular complexity index is 1070. The van der Waals surface area contributed by atoms with Crippen LogP contribution >= 0.6 is 35.1 Å². The van der Waals surface area contributed by atoms with Gasteiger partial charge in [0.05, 0.1) is 18.7 Å². The van der Waals surface area contributed by atoms with Crippen molar-refractivity contribution in [3.05, 3.63) is 69.0 Å². The molecule has 0 radical (unpaired) electrons. The van der Waals surface area contributed by atoms with E-state index in [4.69, 9.17) is 4.98 Å². The van der Waals surface area contributed by atoms with Gasteiger partial charge in [-0.25, -0.2) is 4.98 Å². The average molecular weight is 418 g/mol. The second-order valence-electron chi connectivity index (χ2n) is 6.34. The Morgan fingerprint density at radius 2 is 2.04 bits per heavy atom. The fraction of sp³-hybridized carbons (Fsp3) is 0.200. The van der Waals surface area contributed by atoms with Crippen LogP contribution in [0.25, 0.3) is 16.2 Å². The van der Waals surface area contributed by atoms with E-state index in [0.29, 0.717) is 13.0 Å². The molecule has 3 heterocycles. The predicted molar refractivity (Wildman–Crippen MR) is 115 cm³/mol. The number of carbonyl (C=O) groups excluding carboxylic acids is 1. The van der Waals surface area contributed by atoms with Crippen molar-refractivity contribution in [1.29, 1.82) is 0 Å². The lowest BCUT2D eigenvalue weighted by Crippen LogP contribution is -2.24. The van der Waals surface area contributed by atoms with E-state index in [9.17, 15) is 4.79 Å². The van der Waals surface area contributed by atoms with Gasteiger partial charge in [0.15, 0.2) is 4.96 Å². The van der Waals surface area contributed by atoms with Gasteiger partial charge in [0.1, 0.15) is 0 Å². The van der Waals surface area contributed by atoms with Crippen LogP contribution in [0.4, 0.5) is 0 Å². The van der Waals surface area contributed by atoms with Crippen molar-refractivity contribution in [2.24, 2.45) is 0 Å². The molecule has 4 rings (SSSR count). The Hall–Kier alpha value is -2.15. The second kappa shape index (κ2) is 8.25. The monoisotopic (exact) mass is 417 g/mol. The Labute approximate surface area is 172 Å². The first-order valence-corrected chi connectivity index (χ1v) is 10.2. The number of amides is 1. The summed E-state index contributed by atoms with van der Waals surface area (Å²) in [6, 6.07) is 10.4. The van der Waals surface area contributed by atoms with Gasteiger partial charge in [-0.05, 0) is 42.5 Å². The molecule has 0 atom stereocenters. The number of carbonyl (C=O) groups is 1. The first kappa shape index (κ1) is 19.6. The maximum Gasteiger partial charge on any atom is 0.226 e. The molecule has 27 heavy (non-hydrogen) atoms. The van der Waals surface area contributed by atoms with E-state index in [1.807, 2.05) is 33.5 Å². The van der Waals surface area contributed by atoms with Crippen LogP contribution in [0.15, 0.2) is 47.3 Å². The molecule has 4 nitrogen and oxygen atoms in total. The molecule has 1 aromatic carbocycles. The van der Waals surface area contributed by atoms with Gasteiger partial charge in [-0.15, -0.1) is 35.1 Å². The molecular weight excluding hydrogens is 398 g/mol. The van der Waals surface area contributed by atoms with E-state index in [1.165, 1.54) is 11.1 Å². The zero-order chi connectivity index (χ0) is 18.1. The van der Waals surface area contributed by atoms with E-state index < -0.39 is 0 Å². The number of aryl methyl sites for hydroxylation is 2. The lowest BCUT2D eigenvalue weighted by molar-refractivity contribution is -0.120. The van der Waals surface area contributed by atoms with Crippen LogP contribution in [0.5, 0.6) is 0 Å². The van der Waals surface area contributed by atoms with Crippen molar-refractivity contribution < 1.29 is 4.79 Å². The molecule has 0 aliphatic rings. The number of halogens is 1. The number of thiophene rings is 1. The standard InChI is InChI=1S/C20H19N3OS2.ClH/c1-13-5-6-15(8-14(13)2)18-11-23-16(12-26-20(23)22-18)9-19(24)21-10-17-4-3-7-25-17;/h3-8,11-12H,9-10H2,1-2H3,(H,21,24);1H. The Kier molecular flexibility index (Phi) is 5.99. The topological polar surface area (TPSA) is 46.4 Å². The number of fused-ring (bicyclic) bond motifs is 1. The highest BCUT2D eigenvalue weighted by molar-refractivity contribution is 7.15. The summed E-state index contributed by atoms with van der Waals surface area (Å²) in [4.78, 5) is 19.1. The first-order chi connectivity index (χ1) is 12.6. The summed E-state index contributed by atoms with van der Waals surface area (Å²) >= 11 is 3.22. The molecule has 1 amide bonds.